The summed E-state index contributed by atoms with van der Waals surface area (Å²) >= 11 is 0. The van der Waals surface area contributed by atoms with Crippen LogP contribution in [0.5, 0.6) is 0 Å². The number of carbonyl (C=O) groups is 1. The average Bonchev–Trinajstić information content (AvgIpc) is 3.41. The highest BCUT2D eigenvalue weighted by molar-refractivity contribution is 5.91. The summed E-state index contributed by atoms with van der Waals surface area (Å²) in [6, 6.07) is 9.44. The van der Waals surface area contributed by atoms with E-state index in [1.54, 1.807) is 10.9 Å². The van der Waals surface area contributed by atoms with Crippen molar-refractivity contribution in [3.8, 4) is 5.69 Å². The Balaban J connectivity index is 1.37. The van der Waals surface area contributed by atoms with Crippen LogP contribution in [0.3, 0.4) is 0 Å². The fourth-order valence-corrected chi connectivity index (χ4v) is 2.57. The van der Waals surface area contributed by atoms with Crippen molar-refractivity contribution in [1.82, 2.24) is 30.5 Å². The van der Waals surface area contributed by atoms with Crippen molar-refractivity contribution in [2.45, 2.75) is 25.5 Å². The molecule has 0 aliphatic carbocycles. The van der Waals surface area contributed by atoms with Gasteiger partial charge in [-0.2, -0.15) is 4.98 Å². The second-order valence-corrected chi connectivity index (χ2v) is 5.62. The van der Waals surface area contributed by atoms with E-state index in [9.17, 15) is 4.79 Å². The van der Waals surface area contributed by atoms with Crippen LogP contribution >= 0.6 is 0 Å². The number of ether oxygens (including phenoxy) is 1. The minimum absolute atomic E-state index is 0.136. The molecule has 0 radical (unpaired) electrons. The van der Waals surface area contributed by atoms with Gasteiger partial charge in [0.25, 0.3) is 11.8 Å². The molecule has 3 heterocycles. The van der Waals surface area contributed by atoms with Crippen LogP contribution in [0.1, 0.15) is 41.1 Å². The van der Waals surface area contributed by atoms with Crippen molar-refractivity contribution in [3.63, 3.8) is 0 Å². The maximum absolute atomic E-state index is 12.2. The minimum Gasteiger partial charge on any atom is -0.368 e. The molecule has 0 bridgehead atoms. The second-order valence-electron chi connectivity index (χ2n) is 5.62. The standard InChI is InChI=1S/C16H16N6O3/c23-15(12-10-22(21-19-12)11-5-2-1-3-6-11)17-9-14-18-16(25-20-14)13-7-4-8-24-13/h1-3,5-6,10,13H,4,7-9H2,(H,17,23)/t13-/m0/s1. The van der Waals surface area contributed by atoms with Gasteiger partial charge in [0.2, 0.25) is 0 Å². The first-order chi connectivity index (χ1) is 12.3. The van der Waals surface area contributed by atoms with Crippen molar-refractivity contribution in [2.24, 2.45) is 0 Å². The Kier molecular flexibility index (Phi) is 4.21. The summed E-state index contributed by atoms with van der Waals surface area (Å²) in [5.74, 6) is 0.497. The first kappa shape index (κ1) is 15.5. The van der Waals surface area contributed by atoms with Gasteiger partial charge in [-0.1, -0.05) is 28.6 Å². The Morgan fingerprint density at radius 3 is 3.00 bits per heavy atom. The number of hydrogen-bond donors (Lipinski definition) is 1. The van der Waals surface area contributed by atoms with Crippen molar-refractivity contribution < 1.29 is 14.1 Å². The molecule has 25 heavy (non-hydrogen) atoms. The fraction of sp³-hybridized carbons (Fsp3) is 0.312. The van der Waals surface area contributed by atoms with Crippen LogP contribution in [0.25, 0.3) is 5.69 Å². The molecule has 1 saturated heterocycles. The van der Waals surface area contributed by atoms with E-state index in [0.717, 1.165) is 18.5 Å². The van der Waals surface area contributed by atoms with Crippen LogP contribution in [0.2, 0.25) is 0 Å². The van der Waals surface area contributed by atoms with E-state index in [2.05, 4.69) is 25.8 Å². The number of carbonyl (C=O) groups excluding carboxylic acids is 1. The highest BCUT2D eigenvalue weighted by Crippen LogP contribution is 2.26. The lowest BCUT2D eigenvalue weighted by molar-refractivity contribution is 0.0835. The van der Waals surface area contributed by atoms with E-state index in [-0.39, 0.29) is 24.2 Å². The zero-order valence-electron chi connectivity index (χ0n) is 13.3. The van der Waals surface area contributed by atoms with Gasteiger partial charge in [0.05, 0.1) is 18.4 Å². The van der Waals surface area contributed by atoms with Crippen LogP contribution in [0.4, 0.5) is 0 Å². The van der Waals surface area contributed by atoms with Gasteiger partial charge in [-0.05, 0) is 25.0 Å². The van der Waals surface area contributed by atoms with Crippen molar-refractivity contribution in [2.75, 3.05) is 6.61 Å². The van der Waals surface area contributed by atoms with E-state index < -0.39 is 0 Å². The van der Waals surface area contributed by atoms with Crippen LogP contribution in [-0.4, -0.2) is 37.6 Å². The van der Waals surface area contributed by atoms with Gasteiger partial charge in [-0.15, -0.1) is 5.10 Å². The number of aromatic nitrogens is 5. The largest absolute Gasteiger partial charge is 0.368 e. The molecule has 1 atom stereocenters. The van der Waals surface area contributed by atoms with E-state index in [1.165, 1.54) is 0 Å². The molecule has 0 unspecified atom stereocenters. The molecule has 0 spiro atoms. The summed E-state index contributed by atoms with van der Waals surface area (Å²) in [6.45, 7) is 0.851. The lowest BCUT2D eigenvalue weighted by Gasteiger charge is -2.01. The summed E-state index contributed by atoms with van der Waals surface area (Å²) in [6.07, 6.45) is 3.29. The summed E-state index contributed by atoms with van der Waals surface area (Å²) < 4.78 is 12.2. The second kappa shape index (κ2) is 6.81. The molecular weight excluding hydrogens is 324 g/mol. The van der Waals surface area contributed by atoms with E-state index >= 15 is 0 Å². The van der Waals surface area contributed by atoms with Crippen molar-refractivity contribution >= 4 is 5.91 Å². The first-order valence-corrected chi connectivity index (χ1v) is 7.99. The van der Waals surface area contributed by atoms with Gasteiger partial charge >= 0.3 is 0 Å². The van der Waals surface area contributed by atoms with E-state index in [4.69, 9.17) is 9.26 Å². The molecule has 128 valence electrons. The van der Waals surface area contributed by atoms with Gasteiger partial charge in [0, 0.05) is 6.61 Å². The fourth-order valence-electron chi connectivity index (χ4n) is 2.57. The number of nitrogens with zero attached hydrogens (tertiary/aromatic N) is 5. The third-order valence-electron chi connectivity index (χ3n) is 3.84. The zero-order valence-corrected chi connectivity index (χ0v) is 13.3. The number of rotatable bonds is 5. The quantitative estimate of drug-likeness (QED) is 0.748. The molecule has 1 fully saturated rings. The normalized spacial score (nSPS) is 16.9. The minimum atomic E-state index is -0.356. The maximum atomic E-state index is 12.2. The van der Waals surface area contributed by atoms with Crippen LogP contribution in [0.15, 0.2) is 41.1 Å². The Labute approximate surface area is 143 Å². The molecule has 4 rings (SSSR count). The average molecular weight is 340 g/mol. The number of para-hydroxylation sites is 1. The Morgan fingerprint density at radius 1 is 1.32 bits per heavy atom. The predicted octanol–water partition coefficient (Wildman–Crippen LogP) is 1.43. The molecule has 2 aromatic heterocycles. The molecule has 1 N–H and O–H groups in total. The third-order valence-corrected chi connectivity index (χ3v) is 3.84. The molecule has 1 amide bonds. The molecule has 3 aromatic rings. The maximum Gasteiger partial charge on any atom is 0.273 e. The SMILES string of the molecule is O=C(NCc1noc([C@@H]2CCCO2)n1)c1cn(-c2ccccc2)nn1. The van der Waals surface area contributed by atoms with Gasteiger partial charge in [-0.25, -0.2) is 4.68 Å². The predicted molar refractivity (Wildman–Crippen MR) is 84.8 cm³/mol. The molecule has 0 saturated carbocycles. The zero-order chi connectivity index (χ0) is 17.1. The number of hydrogen-bond acceptors (Lipinski definition) is 7. The van der Waals surface area contributed by atoms with E-state index in [1.807, 2.05) is 30.3 Å². The van der Waals surface area contributed by atoms with Crippen molar-refractivity contribution in [1.29, 1.82) is 0 Å². The van der Waals surface area contributed by atoms with Crippen LogP contribution < -0.4 is 5.32 Å². The van der Waals surface area contributed by atoms with Gasteiger partial charge in [-0.3, -0.25) is 4.79 Å². The van der Waals surface area contributed by atoms with Gasteiger partial charge in [0.15, 0.2) is 11.5 Å². The Hall–Kier alpha value is -3.07. The molecule has 1 aliphatic rings. The van der Waals surface area contributed by atoms with E-state index in [0.29, 0.717) is 18.3 Å². The third kappa shape index (κ3) is 3.41. The summed E-state index contributed by atoms with van der Waals surface area (Å²) in [5.41, 5.74) is 1.04. The molecule has 1 aromatic carbocycles. The molecular formula is C16H16N6O3. The number of amides is 1. The monoisotopic (exact) mass is 340 g/mol. The first-order valence-electron chi connectivity index (χ1n) is 7.99. The van der Waals surface area contributed by atoms with Gasteiger partial charge < -0.3 is 14.6 Å². The highest BCUT2D eigenvalue weighted by atomic mass is 16.5. The number of nitrogens with one attached hydrogen (secondary N) is 1. The highest BCUT2D eigenvalue weighted by Gasteiger charge is 2.24. The Bertz CT molecular complexity index is 854. The molecule has 9 heteroatoms. The summed E-state index contributed by atoms with van der Waals surface area (Å²) in [5, 5.41) is 14.4. The van der Waals surface area contributed by atoms with Crippen LogP contribution in [-0.2, 0) is 11.3 Å². The Morgan fingerprint density at radius 2 is 2.20 bits per heavy atom. The van der Waals surface area contributed by atoms with Crippen LogP contribution in [0, 0.1) is 0 Å². The molecule has 9 nitrogen and oxygen atoms in total. The lowest BCUT2D eigenvalue weighted by atomic mass is 10.2. The number of benzene rings is 1. The summed E-state index contributed by atoms with van der Waals surface area (Å²) in [7, 11) is 0. The van der Waals surface area contributed by atoms with Gasteiger partial charge in [0.1, 0.15) is 6.10 Å². The lowest BCUT2D eigenvalue weighted by Crippen LogP contribution is -2.23. The van der Waals surface area contributed by atoms with Crippen molar-refractivity contribution in [3.05, 3.63) is 53.9 Å². The summed E-state index contributed by atoms with van der Waals surface area (Å²) in [4.78, 5) is 16.4. The smallest absolute Gasteiger partial charge is 0.273 e. The topological polar surface area (TPSA) is 108 Å². The molecule has 1 aliphatic heterocycles.